The van der Waals surface area contributed by atoms with Crippen molar-refractivity contribution >= 4 is 5.78 Å². The Kier molecular flexibility index (Phi) is 1.55. The summed E-state index contributed by atoms with van der Waals surface area (Å²) in [5.41, 5.74) is 0.655. The molecule has 0 aromatic rings. The van der Waals surface area contributed by atoms with Gasteiger partial charge in [-0.3, -0.25) is 4.79 Å². The lowest BCUT2D eigenvalue weighted by Crippen LogP contribution is -2.16. The van der Waals surface area contributed by atoms with Crippen LogP contribution in [-0.4, -0.2) is 5.78 Å². The predicted molar refractivity (Wildman–Crippen MR) is 44.3 cm³/mol. The molecule has 1 nitrogen and oxygen atoms in total. The molecule has 1 heteroatoms. The third-order valence-electron chi connectivity index (χ3n) is 3.66. The maximum atomic E-state index is 11.0. The van der Waals surface area contributed by atoms with Gasteiger partial charge in [0.2, 0.25) is 0 Å². The monoisotopic (exact) mass is 152 g/mol. The second-order valence-electron chi connectivity index (χ2n) is 4.21. The van der Waals surface area contributed by atoms with E-state index in [1.807, 2.05) is 0 Å². The summed E-state index contributed by atoms with van der Waals surface area (Å²) in [6.45, 7) is 2.27. The van der Waals surface area contributed by atoms with Crippen LogP contribution >= 0.6 is 0 Å². The second kappa shape index (κ2) is 2.33. The largest absolute Gasteiger partial charge is 0.300 e. The number of rotatable bonds is 1. The number of hydrogen-bond donors (Lipinski definition) is 0. The smallest absolute Gasteiger partial charge is 0.132 e. The molecule has 2 rings (SSSR count). The van der Waals surface area contributed by atoms with E-state index in [1.54, 1.807) is 0 Å². The summed E-state index contributed by atoms with van der Waals surface area (Å²) in [4.78, 5) is 11.0. The fourth-order valence-electron chi connectivity index (χ4n) is 2.65. The van der Waals surface area contributed by atoms with Crippen LogP contribution in [0.4, 0.5) is 0 Å². The zero-order valence-electron chi connectivity index (χ0n) is 7.23. The lowest BCUT2D eigenvalue weighted by atomic mass is 9.83. The summed E-state index contributed by atoms with van der Waals surface area (Å²) in [7, 11) is 0. The van der Waals surface area contributed by atoms with Crippen LogP contribution in [0.15, 0.2) is 0 Å². The van der Waals surface area contributed by atoms with Gasteiger partial charge in [0.25, 0.3) is 0 Å². The molecule has 0 saturated heterocycles. The van der Waals surface area contributed by atoms with Crippen molar-refractivity contribution in [2.24, 2.45) is 11.3 Å². The number of carbonyl (C=O) groups is 1. The lowest BCUT2D eigenvalue weighted by Gasteiger charge is -2.21. The topological polar surface area (TPSA) is 17.1 Å². The van der Waals surface area contributed by atoms with Gasteiger partial charge in [0.1, 0.15) is 5.78 Å². The molecule has 11 heavy (non-hydrogen) atoms. The number of ketones is 1. The first-order chi connectivity index (χ1) is 5.27. The SMILES string of the molecule is CCC1CC12CCC(=O)CC2. The van der Waals surface area contributed by atoms with Crippen molar-refractivity contribution in [3.8, 4) is 0 Å². The first kappa shape index (κ1) is 7.33. The van der Waals surface area contributed by atoms with Crippen LogP contribution in [0.3, 0.4) is 0 Å². The van der Waals surface area contributed by atoms with E-state index in [9.17, 15) is 4.79 Å². The molecule has 0 radical (unpaired) electrons. The fourth-order valence-corrected chi connectivity index (χ4v) is 2.65. The van der Waals surface area contributed by atoms with Crippen LogP contribution in [0.1, 0.15) is 45.4 Å². The van der Waals surface area contributed by atoms with Crippen LogP contribution in [0.2, 0.25) is 0 Å². The average Bonchev–Trinajstić information content (AvgIpc) is 2.71. The Morgan fingerprint density at radius 3 is 2.55 bits per heavy atom. The van der Waals surface area contributed by atoms with E-state index in [2.05, 4.69) is 6.92 Å². The quantitative estimate of drug-likeness (QED) is 0.564. The highest BCUT2D eigenvalue weighted by Gasteiger charge is 2.53. The number of Topliss-reactive ketones (excluding diaryl/α,β-unsaturated/α-hetero) is 1. The van der Waals surface area contributed by atoms with Crippen LogP contribution in [0.25, 0.3) is 0 Å². The Bertz CT molecular complexity index is 173. The van der Waals surface area contributed by atoms with Crippen molar-refractivity contribution in [1.82, 2.24) is 0 Å². The fraction of sp³-hybridized carbons (Fsp3) is 0.900. The Labute approximate surface area is 68.2 Å². The first-order valence-corrected chi connectivity index (χ1v) is 4.78. The minimum atomic E-state index is 0.498. The highest BCUT2D eigenvalue weighted by molar-refractivity contribution is 5.79. The molecule has 0 amide bonds. The molecule has 1 atom stereocenters. The molecular formula is C10H16O. The third kappa shape index (κ3) is 1.11. The van der Waals surface area contributed by atoms with Gasteiger partial charge >= 0.3 is 0 Å². The molecule has 2 aliphatic carbocycles. The molecule has 0 aromatic carbocycles. The minimum Gasteiger partial charge on any atom is -0.300 e. The van der Waals surface area contributed by atoms with Gasteiger partial charge in [-0.1, -0.05) is 13.3 Å². The lowest BCUT2D eigenvalue weighted by molar-refractivity contribution is -0.121. The second-order valence-corrected chi connectivity index (χ2v) is 4.21. The van der Waals surface area contributed by atoms with Crippen LogP contribution in [0, 0.1) is 11.3 Å². The van der Waals surface area contributed by atoms with Gasteiger partial charge in [-0.2, -0.15) is 0 Å². The summed E-state index contributed by atoms with van der Waals surface area (Å²) in [5, 5.41) is 0. The standard InChI is InChI=1S/C10H16O/c1-2-8-7-10(8)5-3-9(11)4-6-10/h8H,2-7H2,1H3. The van der Waals surface area contributed by atoms with Crippen molar-refractivity contribution in [1.29, 1.82) is 0 Å². The van der Waals surface area contributed by atoms with Crippen LogP contribution < -0.4 is 0 Å². The van der Waals surface area contributed by atoms with E-state index < -0.39 is 0 Å². The minimum absolute atomic E-state index is 0.498. The predicted octanol–water partition coefficient (Wildman–Crippen LogP) is 2.55. The molecule has 0 aromatic heterocycles. The highest BCUT2D eigenvalue weighted by Crippen LogP contribution is 2.62. The van der Waals surface area contributed by atoms with Gasteiger partial charge in [-0.05, 0) is 30.6 Å². The van der Waals surface area contributed by atoms with Gasteiger partial charge in [0.15, 0.2) is 0 Å². The van der Waals surface area contributed by atoms with Gasteiger partial charge in [0.05, 0.1) is 0 Å². The molecule has 2 aliphatic rings. The van der Waals surface area contributed by atoms with Crippen molar-refractivity contribution < 1.29 is 4.79 Å². The van der Waals surface area contributed by atoms with E-state index in [4.69, 9.17) is 0 Å². The van der Waals surface area contributed by atoms with E-state index in [0.29, 0.717) is 11.2 Å². The highest BCUT2D eigenvalue weighted by atomic mass is 16.1. The van der Waals surface area contributed by atoms with Crippen molar-refractivity contribution in [2.45, 2.75) is 45.4 Å². The first-order valence-electron chi connectivity index (χ1n) is 4.78. The normalized spacial score (nSPS) is 34.3. The summed E-state index contributed by atoms with van der Waals surface area (Å²) in [6.07, 6.45) is 6.88. The Balaban J connectivity index is 1.94. The van der Waals surface area contributed by atoms with E-state index in [-0.39, 0.29) is 0 Å². The number of hydrogen-bond acceptors (Lipinski definition) is 1. The molecule has 62 valence electrons. The summed E-state index contributed by atoms with van der Waals surface area (Å²) < 4.78 is 0. The van der Waals surface area contributed by atoms with Gasteiger partial charge < -0.3 is 0 Å². The molecule has 0 N–H and O–H groups in total. The molecule has 2 fully saturated rings. The van der Waals surface area contributed by atoms with Crippen LogP contribution in [-0.2, 0) is 4.79 Å². The average molecular weight is 152 g/mol. The van der Waals surface area contributed by atoms with Crippen LogP contribution in [0.5, 0.6) is 0 Å². The maximum absolute atomic E-state index is 11.0. The Hall–Kier alpha value is -0.330. The van der Waals surface area contributed by atoms with Gasteiger partial charge in [-0.25, -0.2) is 0 Å². The molecular weight excluding hydrogens is 136 g/mol. The summed E-state index contributed by atoms with van der Waals surface area (Å²) >= 11 is 0. The van der Waals surface area contributed by atoms with E-state index in [1.165, 1.54) is 25.7 Å². The third-order valence-corrected chi connectivity index (χ3v) is 3.66. The molecule has 1 spiro atoms. The van der Waals surface area contributed by atoms with Crippen molar-refractivity contribution in [3.63, 3.8) is 0 Å². The molecule has 1 unspecified atom stereocenters. The van der Waals surface area contributed by atoms with Gasteiger partial charge in [-0.15, -0.1) is 0 Å². The molecule has 2 saturated carbocycles. The van der Waals surface area contributed by atoms with Gasteiger partial charge in [0, 0.05) is 12.8 Å². The summed E-state index contributed by atoms with van der Waals surface area (Å²) in [6, 6.07) is 0. The van der Waals surface area contributed by atoms with E-state index >= 15 is 0 Å². The number of carbonyl (C=O) groups excluding carboxylic acids is 1. The summed E-state index contributed by atoms with van der Waals surface area (Å²) in [5.74, 6) is 1.47. The maximum Gasteiger partial charge on any atom is 0.132 e. The Morgan fingerprint density at radius 2 is 2.09 bits per heavy atom. The Morgan fingerprint density at radius 1 is 1.45 bits per heavy atom. The zero-order valence-corrected chi connectivity index (χ0v) is 7.23. The zero-order chi connectivity index (χ0) is 7.90. The molecule has 0 heterocycles. The van der Waals surface area contributed by atoms with Crippen molar-refractivity contribution in [3.05, 3.63) is 0 Å². The van der Waals surface area contributed by atoms with E-state index in [0.717, 1.165) is 18.8 Å². The van der Waals surface area contributed by atoms with Crippen molar-refractivity contribution in [2.75, 3.05) is 0 Å². The molecule has 0 aliphatic heterocycles. The molecule has 0 bridgehead atoms.